The SMILES string of the molecule is O=C(c1cc(Cl)ccn1)N1CCC(N2CCNC2=O)CC1. The Morgan fingerprint density at radius 3 is 2.71 bits per heavy atom. The molecule has 1 aromatic rings. The molecule has 0 bridgehead atoms. The third-order valence-corrected chi connectivity index (χ3v) is 4.26. The second-order valence-electron chi connectivity index (χ2n) is 5.31. The lowest BCUT2D eigenvalue weighted by molar-refractivity contribution is 0.0660. The summed E-state index contributed by atoms with van der Waals surface area (Å²) in [6.45, 7) is 2.75. The van der Waals surface area contributed by atoms with Crippen LogP contribution >= 0.6 is 11.6 Å². The average molecular weight is 309 g/mol. The van der Waals surface area contributed by atoms with Crippen molar-refractivity contribution in [2.75, 3.05) is 26.2 Å². The first kappa shape index (κ1) is 14.1. The molecule has 0 saturated carbocycles. The molecular weight excluding hydrogens is 292 g/mol. The van der Waals surface area contributed by atoms with Crippen molar-refractivity contribution >= 4 is 23.5 Å². The molecule has 0 spiro atoms. The summed E-state index contributed by atoms with van der Waals surface area (Å²) < 4.78 is 0. The zero-order valence-electron chi connectivity index (χ0n) is 11.6. The van der Waals surface area contributed by atoms with Gasteiger partial charge in [0.15, 0.2) is 0 Å². The highest BCUT2D eigenvalue weighted by atomic mass is 35.5. The minimum absolute atomic E-state index is 0.0104. The van der Waals surface area contributed by atoms with Gasteiger partial charge in [0.25, 0.3) is 5.91 Å². The van der Waals surface area contributed by atoms with E-state index in [0.717, 1.165) is 19.4 Å². The molecular formula is C14H17ClN4O2. The summed E-state index contributed by atoms with van der Waals surface area (Å²) in [6.07, 6.45) is 3.15. The first-order valence-electron chi connectivity index (χ1n) is 7.10. The number of rotatable bonds is 2. The normalized spacial score (nSPS) is 19.8. The number of piperidine rings is 1. The first-order valence-corrected chi connectivity index (χ1v) is 7.48. The van der Waals surface area contributed by atoms with Gasteiger partial charge in [0.1, 0.15) is 5.69 Å². The largest absolute Gasteiger partial charge is 0.337 e. The molecule has 112 valence electrons. The highest BCUT2D eigenvalue weighted by molar-refractivity contribution is 6.30. The highest BCUT2D eigenvalue weighted by Crippen LogP contribution is 2.20. The van der Waals surface area contributed by atoms with Crippen molar-refractivity contribution in [1.82, 2.24) is 20.1 Å². The number of nitrogens with zero attached hydrogens (tertiary/aromatic N) is 3. The first-order chi connectivity index (χ1) is 10.1. The monoisotopic (exact) mass is 308 g/mol. The van der Waals surface area contributed by atoms with Crippen LogP contribution in [0.2, 0.25) is 5.02 Å². The predicted molar refractivity (Wildman–Crippen MR) is 78.3 cm³/mol. The van der Waals surface area contributed by atoms with Crippen LogP contribution in [0.25, 0.3) is 0 Å². The summed E-state index contributed by atoms with van der Waals surface area (Å²) in [7, 11) is 0. The van der Waals surface area contributed by atoms with Gasteiger partial charge in [-0.15, -0.1) is 0 Å². The molecule has 0 unspecified atom stereocenters. The molecule has 0 aromatic carbocycles. The van der Waals surface area contributed by atoms with Crippen LogP contribution in [0.15, 0.2) is 18.3 Å². The topological polar surface area (TPSA) is 65.5 Å². The molecule has 6 nitrogen and oxygen atoms in total. The van der Waals surface area contributed by atoms with Crippen molar-refractivity contribution in [2.45, 2.75) is 18.9 Å². The van der Waals surface area contributed by atoms with Crippen molar-refractivity contribution in [2.24, 2.45) is 0 Å². The summed E-state index contributed by atoms with van der Waals surface area (Å²) in [4.78, 5) is 31.7. The number of carbonyl (C=O) groups excluding carboxylic acids is 2. The lowest BCUT2D eigenvalue weighted by atomic mass is 10.0. The molecule has 3 amide bonds. The Morgan fingerprint density at radius 1 is 1.33 bits per heavy atom. The Labute approximate surface area is 128 Å². The molecule has 2 saturated heterocycles. The second-order valence-corrected chi connectivity index (χ2v) is 5.74. The van der Waals surface area contributed by atoms with E-state index in [0.29, 0.717) is 30.4 Å². The second kappa shape index (κ2) is 5.89. The van der Waals surface area contributed by atoms with Crippen molar-refractivity contribution in [3.8, 4) is 0 Å². The van der Waals surface area contributed by atoms with Gasteiger partial charge in [0, 0.05) is 43.4 Å². The van der Waals surface area contributed by atoms with Crippen molar-refractivity contribution < 1.29 is 9.59 Å². The number of amides is 3. The third-order valence-electron chi connectivity index (χ3n) is 4.02. The molecule has 3 rings (SSSR count). The van der Waals surface area contributed by atoms with E-state index in [2.05, 4.69) is 10.3 Å². The standard InChI is InChI=1S/C14H17ClN4O2/c15-10-1-4-16-12(9-10)13(20)18-6-2-11(3-7-18)19-8-5-17-14(19)21/h1,4,9,11H,2-3,5-8H2,(H,17,21). The number of carbonyl (C=O) groups is 2. The number of urea groups is 1. The van der Waals surface area contributed by atoms with E-state index in [4.69, 9.17) is 11.6 Å². The Balaban J connectivity index is 1.60. The van der Waals surface area contributed by atoms with Crippen molar-refractivity contribution in [1.29, 1.82) is 0 Å². The Kier molecular flexibility index (Phi) is 3.96. The quantitative estimate of drug-likeness (QED) is 0.897. The average Bonchev–Trinajstić information content (AvgIpc) is 2.93. The molecule has 21 heavy (non-hydrogen) atoms. The van der Waals surface area contributed by atoms with Gasteiger partial charge in [-0.25, -0.2) is 4.79 Å². The predicted octanol–water partition coefficient (Wildman–Crippen LogP) is 1.36. The number of hydrogen-bond donors (Lipinski definition) is 1. The zero-order valence-corrected chi connectivity index (χ0v) is 12.3. The summed E-state index contributed by atoms with van der Waals surface area (Å²) in [5, 5.41) is 3.33. The number of pyridine rings is 1. The maximum absolute atomic E-state index is 12.4. The molecule has 0 aliphatic carbocycles. The van der Waals surface area contributed by atoms with Crippen LogP contribution in [-0.4, -0.2) is 58.9 Å². The number of likely N-dealkylation sites (tertiary alicyclic amines) is 1. The van der Waals surface area contributed by atoms with Crippen LogP contribution in [-0.2, 0) is 0 Å². The van der Waals surface area contributed by atoms with Gasteiger partial charge in [0.2, 0.25) is 0 Å². The van der Waals surface area contributed by atoms with Crippen LogP contribution in [0, 0.1) is 0 Å². The summed E-state index contributed by atoms with van der Waals surface area (Å²) in [6, 6.07) is 3.47. The summed E-state index contributed by atoms with van der Waals surface area (Å²) in [5.41, 5.74) is 0.375. The lowest BCUT2D eigenvalue weighted by Gasteiger charge is -2.36. The number of nitrogens with one attached hydrogen (secondary N) is 1. The third kappa shape index (κ3) is 2.95. The molecule has 1 N–H and O–H groups in total. The highest BCUT2D eigenvalue weighted by Gasteiger charge is 2.32. The number of halogens is 1. The maximum Gasteiger partial charge on any atom is 0.317 e. The molecule has 2 aliphatic heterocycles. The van der Waals surface area contributed by atoms with E-state index in [-0.39, 0.29) is 18.0 Å². The molecule has 2 aliphatic rings. The van der Waals surface area contributed by atoms with E-state index in [1.807, 2.05) is 4.90 Å². The zero-order chi connectivity index (χ0) is 14.8. The van der Waals surface area contributed by atoms with Crippen LogP contribution in [0.1, 0.15) is 23.3 Å². The number of hydrogen-bond acceptors (Lipinski definition) is 3. The van der Waals surface area contributed by atoms with Crippen LogP contribution < -0.4 is 5.32 Å². The van der Waals surface area contributed by atoms with Gasteiger partial charge in [-0.3, -0.25) is 9.78 Å². The van der Waals surface area contributed by atoms with E-state index < -0.39 is 0 Å². The maximum atomic E-state index is 12.4. The van der Waals surface area contributed by atoms with Crippen molar-refractivity contribution in [3.05, 3.63) is 29.0 Å². The molecule has 3 heterocycles. The fourth-order valence-electron chi connectivity index (χ4n) is 2.90. The van der Waals surface area contributed by atoms with E-state index in [9.17, 15) is 9.59 Å². The van der Waals surface area contributed by atoms with Gasteiger partial charge in [0.05, 0.1) is 0 Å². The molecule has 7 heteroatoms. The summed E-state index contributed by atoms with van der Waals surface area (Å²) in [5.74, 6) is -0.0955. The fraction of sp³-hybridized carbons (Fsp3) is 0.500. The van der Waals surface area contributed by atoms with Gasteiger partial charge >= 0.3 is 6.03 Å². The van der Waals surface area contributed by atoms with E-state index >= 15 is 0 Å². The number of aromatic nitrogens is 1. The van der Waals surface area contributed by atoms with Gasteiger partial charge in [-0.2, -0.15) is 0 Å². The van der Waals surface area contributed by atoms with Crippen molar-refractivity contribution in [3.63, 3.8) is 0 Å². The molecule has 0 atom stereocenters. The molecule has 0 radical (unpaired) electrons. The molecule has 1 aromatic heterocycles. The minimum Gasteiger partial charge on any atom is -0.337 e. The lowest BCUT2D eigenvalue weighted by Crippen LogP contribution is -2.47. The van der Waals surface area contributed by atoms with E-state index in [1.165, 1.54) is 6.20 Å². The van der Waals surface area contributed by atoms with Gasteiger partial charge in [-0.1, -0.05) is 11.6 Å². The summed E-state index contributed by atoms with van der Waals surface area (Å²) >= 11 is 5.89. The Morgan fingerprint density at radius 2 is 2.10 bits per heavy atom. The van der Waals surface area contributed by atoms with Crippen LogP contribution in [0.5, 0.6) is 0 Å². The minimum atomic E-state index is -0.0955. The van der Waals surface area contributed by atoms with Gasteiger partial charge in [-0.05, 0) is 25.0 Å². The smallest absolute Gasteiger partial charge is 0.317 e. The molecule has 2 fully saturated rings. The van der Waals surface area contributed by atoms with Gasteiger partial charge < -0.3 is 15.1 Å². The van der Waals surface area contributed by atoms with E-state index in [1.54, 1.807) is 17.0 Å². The fourth-order valence-corrected chi connectivity index (χ4v) is 3.06. The van der Waals surface area contributed by atoms with Crippen LogP contribution in [0.3, 0.4) is 0 Å². The Bertz CT molecular complexity index is 558. The Hall–Kier alpha value is -1.82. The van der Waals surface area contributed by atoms with Crippen LogP contribution in [0.4, 0.5) is 4.79 Å².